The summed E-state index contributed by atoms with van der Waals surface area (Å²) < 4.78 is 18.2. The highest BCUT2D eigenvalue weighted by atomic mass is 35.5. The molecule has 0 aliphatic carbocycles. The summed E-state index contributed by atoms with van der Waals surface area (Å²) in [6, 6.07) is 12.9. The number of hydrogen-bond donors (Lipinski definition) is 1. The first kappa shape index (κ1) is 21.3. The first-order valence-corrected chi connectivity index (χ1v) is 10.9. The van der Waals surface area contributed by atoms with Crippen molar-refractivity contribution in [3.63, 3.8) is 0 Å². The van der Waals surface area contributed by atoms with Crippen LogP contribution in [0.5, 0.6) is 17.2 Å². The number of fused-ring (bicyclic) bond motifs is 1. The minimum atomic E-state index is -0.353. The van der Waals surface area contributed by atoms with Crippen molar-refractivity contribution in [3.8, 4) is 17.2 Å². The first-order valence-electron chi connectivity index (χ1n) is 9.60. The average Bonchev–Trinajstić information content (AvgIpc) is 3.38. The van der Waals surface area contributed by atoms with E-state index < -0.39 is 0 Å². The zero-order valence-corrected chi connectivity index (χ0v) is 18.6. The van der Waals surface area contributed by atoms with E-state index in [1.807, 2.05) is 48.9 Å². The topological polar surface area (TPSA) is 87.5 Å². The van der Waals surface area contributed by atoms with E-state index in [-0.39, 0.29) is 24.6 Å². The summed E-state index contributed by atoms with van der Waals surface area (Å²) in [4.78, 5) is 12.5. The lowest BCUT2D eigenvalue weighted by molar-refractivity contribution is -0.120. The summed E-state index contributed by atoms with van der Waals surface area (Å²) in [7, 11) is 1.84. The second-order valence-corrected chi connectivity index (χ2v) is 8.56. The van der Waals surface area contributed by atoms with Gasteiger partial charge in [-0.2, -0.15) is 0 Å². The van der Waals surface area contributed by atoms with Gasteiger partial charge in [-0.15, -0.1) is 10.2 Å². The summed E-state index contributed by atoms with van der Waals surface area (Å²) in [5.74, 6) is 2.53. The van der Waals surface area contributed by atoms with Crippen LogP contribution in [0.3, 0.4) is 0 Å². The Kier molecular flexibility index (Phi) is 6.53. The number of nitrogens with one attached hydrogen (secondary N) is 1. The second-order valence-electron chi connectivity index (χ2n) is 6.84. The molecule has 1 N–H and O–H groups in total. The predicted octanol–water partition coefficient (Wildman–Crippen LogP) is 3.57. The summed E-state index contributed by atoms with van der Waals surface area (Å²) in [5, 5.41) is 12.1. The molecule has 2 aromatic carbocycles. The molecule has 0 fully saturated rings. The largest absolute Gasteiger partial charge is 0.484 e. The van der Waals surface area contributed by atoms with Crippen LogP contribution < -0.4 is 19.5 Å². The Morgan fingerprint density at radius 3 is 2.90 bits per heavy atom. The van der Waals surface area contributed by atoms with Crippen molar-refractivity contribution in [1.29, 1.82) is 0 Å². The molecule has 0 radical (unpaired) electrons. The molecular weight excluding hydrogens is 440 g/mol. The van der Waals surface area contributed by atoms with Crippen molar-refractivity contribution in [3.05, 3.63) is 58.9 Å². The van der Waals surface area contributed by atoms with E-state index in [1.165, 1.54) is 11.8 Å². The molecule has 1 amide bonds. The van der Waals surface area contributed by atoms with Gasteiger partial charge < -0.3 is 24.1 Å². The van der Waals surface area contributed by atoms with E-state index in [2.05, 4.69) is 15.5 Å². The third kappa shape index (κ3) is 5.05. The molecule has 1 atom stereocenters. The standard InChI is InChI=1S/C21H21ClN4O4S/c1-13(20(27)23-10-14-7-8-17-18(9-14)30-12-29-17)31-21-25-24-19(26(21)2)11-28-16-6-4-3-5-15(16)22/h3-9,13H,10-12H2,1-2H3,(H,23,27). The summed E-state index contributed by atoms with van der Waals surface area (Å²) in [5.41, 5.74) is 0.937. The number of halogens is 1. The zero-order valence-electron chi connectivity index (χ0n) is 17.0. The Morgan fingerprint density at radius 1 is 1.26 bits per heavy atom. The Hall–Kier alpha value is -2.91. The first-order chi connectivity index (χ1) is 15.0. The molecule has 31 heavy (non-hydrogen) atoms. The van der Waals surface area contributed by atoms with Crippen LogP contribution in [-0.4, -0.2) is 32.7 Å². The Morgan fingerprint density at radius 2 is 2.06 bits per heavy atom. The number of rotatable bonds is 8. The molecule has 2 heterocycles. The lowest BCUT2D eigenvalue weighted by Crippen LogP contribution is -2.30. The maximum Gasteiger partial charge on any atom is 0.233 e. The summed E-state index contributed by atoms with van der Waals surface area (Å²) >= 11 is 7.44. The predicted molar refractivity (Wildman–Crippen MR) is 117 cm³/mol. The van der Waals surface area contributed by atoms with Crippen LogP contribution in [0.2, 0.25) is 5.02 Å². The molecule has 1 unspecified atom stereocenters. The molecule has 8 nitrogen and oxygen atoms in total. The zero-order chi connectivity index (χ0) is 21.8. The van der Waals surface area contributed by atoms with Crippen molar-refractivity contribution in [1.82, 2.24) is 20.1 Å². The number of thioether (sulfide) groups is 1. The summed E-state index contributed by atoms with van der Waals surface area (Å²) in [6.07, 6.45) is 0. The van der Waals surface area contributed by atoms with E-state index >= 15 is 0 Å². The SMILES string of the molecule is CC(Sc1nnc(COc2ccccc2Cl)n1C)C(=O)NCc1ccc2c(c1)OCO2. The fraction of sp³-hybridized carbons (Fsp3) is 0.286. The molecule has 10 heteroatoms. The van der Waals surface area contributed by atoms with Crippen molar-refractivity contribution < 1.29 is 19.0 Å². The lowest BCUT2D eigenvalue weighted by atomic mass is 10.2. The molecule has 4 rings (SSSR count). The van der Waals surface area contributed by atoms with E-state index in [1.54, 1.807) is 12.1 Å². The van der Waals surface area contributed by atoms with Gasteiger partial charge in [0.15, 0.2) is 22.5 Å². The van der Waals surface area contributed by atoms with Crippen molar-refractivity contribution >= 4 is 29.3 Å². The molecule has 3 aromatic rings. The molecule has 0 spiro atoms. The number of amides is 1. The van der Waals surface area contributed by atoms with Crippen LogP contribution in [0, 0.1) is 0 Å². The Balaban J connectivity index is 1.30. The smallest absolute Gasteiger partial charge is 0.233 e. The van der Waals surface area contributed by atoms with E-state index in [0.29, 0.717) is 34.0 Å². The van der Waals surface area contributed by atoms with Crippen molar-refractivity contribution in [2.24, 2.45) is 7.05 Å². The van der Waals surface area contributed by atoms with Gasteiger partial charge in [0.05, 0.1) is 10.3 Å². The van der Waals surface area contributed by atoms with Crippen LogP contribution in [0.1, 0.15) is 18.3 Å². The van der Waals surface area contributed by atoms with Crippen molar-refractivity contribution in [2.45, 2.75) is 30.5 Å². The normalized spacial score (nSPS) is 13.1. The van der Waals surface area contributed by atoms with Gasteiger partial charge in [-0.05, 0) is 36.8 Å². The Labute approximate surface area is 188 Å². The number of benzene rings is 2. The van der Waals surface area contributed by atoms with E-state index in [9.17, 15) is 4.79 Å². The molecule has 0 saturated heterocycles. The minimum absolute atomic E-state index is 0.0977. The molecular formula is C21H21ClN4O4S. The van der Waals surface area contributed by atoms with Gasteiger partial charge >= 0.3 is 0 Å². The van der Waals surface area contributed by atoms with Crippen molar-refractivity contribution in [2.75, 3.05) is 6.79 Å². The number of hydrogen-bond acceptors (Lipinski definition) is 7. The third-order valence-corrected chi connectivity index (χ3v) is 6.12. The molecule has 1 aliphatic heterocycles. The highest BCUT2D eigenvalue weighted by Gasteiger charge is 2.20. The van der Waals surface area contributed by atoms with Gasteiger partial charge in [0, 0.05) is 13.6 Å². The fourth-order valence-corrected chi connectivity index (χ4v) is 3.92. The lowest BCUT2D eigenvalue weighted by Gasteiger charge is -2.12. The molecule has 1 aliphatic rings. The molecule has 0 saturated carbocycles. The number of para-hydroxylation sites is 1. The van der Waals surface area contributed by atoms with Crippen LogP contribution in [-0.2, 0) is 25.0 Å². The maximum absolute atomic E-state index is 12.5. The highest BCUT2D eigenvalue weighted by Crippen LogP contribution is 2.32. The number of carbonyl (C=O) groups is 1. The van der Waals surface area contributed by atoms with Crippen LogP contribution in [0.25, 0.3) is 0 Å². The average molecular weight is 461 g/mol. The highest BCUT2D eigenvalue weighted by molar-refractivity contribution is 8.00. The van der Waals surface area contributed by atoms with Crippen LogP contribution >= 0.6 is 23.4 Å². The molecule has 1 aromatic heterocycles. The van der Waals surface area contributed by atoms with E-state index in [0.717, 1.165) is 11.3 Å². The fourth-order valence-electron chi connectivity index (χ4n) is 2.87. The monoisotopic (exact) mass is 460 g/mol. The van der Waals surface area contributed by atoms with Crippen LogP contribution in [0.15, 0.2) is 47.6 Å². The van der Waals surface area contributed by atoms with E-state index in [4.69, 9.17) is 25.8 Å². The Bertz CT molecular complexity index is 1090. The molecule has 0 bridgehead atoms. The number of nitrogens with zero attached hydrogens (tertiary/aromatic N) is 3. The minimum Gasteiger partial charge on any atom is -0.484 e. The van der Waals surface area contributed by atoms with Gasteiger partial charge in [0.1, 0.15) is 12.4 Å². The number of ether oxygens (including phenoxy) is 3. The summed E-state index contributed by atoms with van der Waals surface area (Å²) in [6.45, 7) is 2.67. The van der Waals surface area contributed by atoms with Gasteiger partial charge in [-0.3, -0.25) is 4.79 Å². The molecule has 162 valence electrons. The number of carbonyl (C=O) groups excluding carboxylic acids is 1. The second kappa shape index (κ2) is 9.49. The van der Waals surface area contributed by atoms with Gasteiger partial charge in [0.2, 0.25) is 12.7 Å². The maximum atomic E-state index is 12.5. The third-order valence-electron chi connectivity index (χ3n) is 4.67. The van der Waals surface area contributed by atoms with Gasteiger partial charge in [-0.1, -0.05) is 41.6 Å². The van der Waals surface area contributed by atoms with Crippen LogP contribution in [0.4, 0.5) is 0 Å². The quantitative estimate of drug-likeness (QED) is 0.514. The van der Waals surface area contributed by atoms with Gasteiger partial charge in [-0.25, -0.2) is 0 Å². The number of aromatic nitrogens is 3. The van der Waals surface area contributed by atoms with Gasteiger partial charge in [0.25, 0.3) is 0 Å².